The number of carboxylic acids is 1. The van der Waals surface area contributed by atoms with Crippen molar-refractivity contribution in [3.8, 4) is 0 Å². The van der Waals surface area contributed by atoms with Crippen molar-refractivity contribution in [3.05, 3.63) is 64.7 Å². The van der Waals surface area contributed by atoms with Gasteiger partial charge in [0.25, 0.3) is 5.91 Å². The number of alkyl halides is 2. The quantitative estimate of drug-likeness (QED) is 0.726. The molecular weight excluding hydrogens is 364 g/mol. The van der Waals surface area contributed by atoms with Gasteiger partial charge in [0.05, 0.1) is 12.5 Å². The van der Waals surface area contributed by atoms with Gasteiger partial charge in [-0.25, -0.2) is 8.78 Å². The average molecular weight is 387 g/mol. The van der Waals surface area contributed by atoms with Gasteiger partial charge in [0, 0.05) is 24.1 Å². The fourth-order valence-corrected chi connectivity index (χ4v) is 3.30. The van der Waals surface area contributed by atoms with E-state index in [1.54, 1.807) is 48.2 Å². The van der Waals surface area contributed by atoms with E-state index in [0.29, 0.717) is 23.4 Å². The van der Waals surface area contributed by atoms with Gasteiger partial charge < -0.3 is 10.0 Å². The lowest BCUT2D eigenvalue weighted by molar-refractivity contribution is -0.138. The molecule has 1 amide bonds. The summed E-state index contributed by atoms with van der Waals surface area (Å²) >= 11 is 0. The minimum Gasteiger partial charge on any atom is -0.481 e. The van der Waals surface area contributed by atoms with E-state index < -0.39 is 17.8 Å². The number of rotatable bonds is 7. The van der Waals surface area contributed by atoms with Crippen LogP contribution in [0.2, 0.25) is 0 Å². The molecule has 6 heteroatoms. The summed E-state index contributed by atoms with van der Waals surface area (Å²) in [5.74, 6) is -4.38. The summed E-state index contributed by atoms with van der Waals surface area (Å²) in [6, 6.07) is 12.2. The monoisotopic (exact) mass is 387 g/mol. The number of carboxylic acid groups (broad SMARTS) is 1. The number of aryl methyl sites for hydroxylation is 1. The van der Waals surface area contributed by atoms with Crippen LogP contribution in [0.25, 0.3) is 0 Å². The Morgan fingerprint density at radius 1 is 1.21 bits per heavy atom. The molecule has 1 aliphatic rings. The van der Waals surface area contributed by atoms with E-state index in [2.05, 4.69) is 0 Å². The van der Waals surface area contributed by atoms with Gasteiger partial charge in [-0.2, -0.15) is 0 Å². The average Bonchev–Trinajstić information content (AvgIpc) is 3.02. The zero-order valence-electron chi connectivity index (χ0n) is 15.9. The second kappa shape index (κ2) is 7.70. The molecule has 4 nitrogen and oxygen atoms in total. The normalized spacial score (nSPS) is 14.9. The Labute approximate surface area is 162 Å². The number of hydrogen-bond donors (Lipinski definition) is 1. The van der Waals surface area contributed by atoms with Crippen LogP contribution in [0.1, 0.15) is 59.7 Å². The molecule has 28 heavy (non-hydrogen) atoms. The zero-order chi connectivity index (χ0) is 20.5. The molecule has 0 radical (unpaired) electrons. The maximum absolute atomic E-state index is 13.5. The van der Waals surface area contributed by atoms with Crippen molar-refractivity contribution in [1.82, 2.24) is 0 Å². The summed E-state index contributed by atoms with van der Waals surface area (Å²) in [7, 11) is 0. The highest BCUT2D eigenvalue weighted by Crippen LogP contribution is 2.31. The van der Waals surface area contributed by atoms with Crippen LogP contribution in [0.5, 0.6) is 0 Å². The summed E-state index contributed by atoms with van der Waals surface area (Å²) in [5.41, 5.74) is 3.48. The second-order valence-electron chi connectivity index (χ2n) is 7.24. The van der Waals surface area contributed by atoms with Crippen LogP contribution in [0, 0.1) is 0 Å². The lowest BCUT2D eigenvalue weighted by atomic mass is 10.0. The molecule has 0 fully saturated rings. The number of carbonyl (C=O) groups excluding carboxylic acids is 1. The Kier molecular flexibility index (Phi) is 5.49. The smallest absolute Gasteiger partial charge is 0.310 e. The lowest BCUT2D eigenvalue weighted by Crippen LogP contribution is -2.23. The van der Waals surface area contributed by atoms with Gasteiger partial charge in [0.15, 0.2) is 0 Å². The molecule has 3 rings (SSSR count). The molecule has 1 heterocycles. The Bertz CT molecular complexity index is 893. The molecule has 1 atom stereocenters. The predicted octanol–water partition coefficient (Wildman–Crippen LogP) is 5.01. The first-order chi connectivity index (χ1) is 13.2. The molecule has 0 saturated heterocycles. The molecule has 1 N–H and O–H groups in total. The number of hydrogen-bond acceptors (Lipinski definition) is 2. The third-order valence-corrected chi connectivity index (χ3v) is 5.35. The van der Waals surface area contributed by atoms with E-state index in [0.717, 1.165) is 11.1 Å². The van der Waals surface area contributed by atoms with E-state index >= 15 is 0 Å². The number of amides is 1. The zero-order valence-corrected chi connectivity index (χ0v) is 15.9. The maximum atomic E-state index is 13.5. The molecule has 0 spiro atoms. The third kappa shape index (κ3) is 4.06. The van der Waals surface area contributed by atoms with Crippen molar-refractivity contribution in [2.75, 3.05) is 4.90 Å². The molecule has 0 aliphatic carbocycles. The predicted molar refractivity (Wildman–Crippen MR) is 103 cm³/mol. The molecule has 1 unspecified atom stereocenters. The van der Waals surface area contributed by atoms with E-state index in [9.17, 15) is 18.4 Å². The van der Waals surface area contributed by atoms with Crippen LogP contribution in [0.15, 0.2) is 42.5 Å². The van der Waals surface area contributed by atoms with E-state index in [1.165, 1.54) is 6.92 Å². The standard InChI is InChI=1S/C22H23F2NO3/c1-3-22(23,24)11-10-15-4-5-17-13-25(20(26)19(17)12-15)18-8-6-16(7-9-18)14(2)21(27)28/h4-9,12,14H,3,10-11,13H2,1-2H3,(H,27,28). The van der Waals surface area contributed by atoms with Gasteiger partial charge in [-0.3, -0.25) is 9.59 Å². The first-order valence-corrected chi connectivity index (χ1v) is 9.36. The van der Waals surface area contributed by atoms with Gasteiger partial charge in [-0.1, -0.05) is 31.2 Å². The van der Waals surface area contributed by atoms with Gasteiger partial charge >= 0.3 is 5.97 Å². The van der Waals surface area contributed by atoms with Crippen LogP contribution < -0.4 is 4.90 Å². The highest BCUT2D eigenvalue weighted by molar-refractivity contribution is 6.10. The van der Waals surface area contributed by atoms with E-state index in [4.69, 9.17) is 5.11 Å². The number of benzene rings is 2. The largest absolute Gasteiger partial charge is 0.481 e. The summed E-state index contributed by atoms with van der Waals surface area (Å²) in [5, 5.41) is 9.10. The fraction of sp³-hybridized carbons (Fsp3) is 0.364. The summed E-state index contributed by atoms with van der Waals surface area (Å²) < 4.78 is 27.0. The molecule has 0 aromatic heterocycles. The maximum Gasteiger partial charge on any atom is 0.310 e. The first-order valence-electron chi connectivity index (χ1n) is 9.36. The van der Waals surface area contributed by atoms with Crippen molar-refractivity contribution >= 4 is 17.6 Å². The SMILES string of the molecule is CCC(F)(F)CCc1ccc2c(c1)C(=O)N(c1ccc(C(C)C(=O)O)cc1)C2. The van der Waals surface area contributed by atoms with Crippen molar-refractivity contribution in [3.63, 3.8) is 0 Å². The highest BCUT2D eigenvalue weighted by Gasteiger charge is 2.30. The van der Waals surface area contributed by atoms with Crippen LogP contribution in [0.4, 0.5) is 14.5 Å². The third-order valence-electron chi connectivity index (χ3n) is 5.35. The van der Waals surface area contributed by atoms with E-state index in [1.807, 2.05) is 6.07 Å². The van der Waals surface area contributed by atoms with Crippen LogP contribution >= 0.6 is 0 Å². The minimum absolute atomic E-state index is 0.168. The van der Waals surface area contributed by atoms with Crippen molar-refractivity contribution in [1.29, 1.82) is 0 Å². The topological polar surface area (TPSA) is 57.6 Å². The number of fused-ring (bicyclic) bond motifs is 1. The molecule has 0 bridgehead atoms. The molecular formula is C22H23F2NO3. The van der Waals surface area contributed by atoms with Crippen LogP contribution in [-0.2, 0) is 17.8 Å². The molecule has 1 aliphatic heterocycles. The van der Waals surface area contributed by atoms with Gasteiger partial charge in [-0.05, 0) is 48.2 Å². The van der Waals surface area contributed by atoms with Crippen molar-refractivity contribution in [2.24, 2.45) is 0 Å². The Balaban J connectivity index is 1.76. The molecule has 0 saturated carbocycles. The van der Waals surface area contributed by atoms with Crippen LogP contribution in [0.3, 0.4) is 0 Å². The summed E-state index contributed by atoms with van der Waals surface area (Å²) in [6.07, 6.45) is -0.201. The number of anilines is 1. The minimum atomic E-state index is -2.69. The summed E-state index contributed by atoms with van der Waals surface area (Å²) in [4.78, 5) is 25.5. The van der Waals surface area contributed by atoms with Crippen molar-refractivity contribution < 1.29 is 23.5 Å². The van der Waals surface area contributed by atoms with Crippen molar-refractivity contribution in [2.45, 2.75) is 51.5 Å². The second-order valence-corrected chi connectivity index (χ2v) is 7.24. The molecule has 2 aromatic rings. The van der Waals surface area contributed by atoms with E-state index in [-0.39, 0.29) is 25.2 Å². The summed E-state index contributed by atoms with van der Waals surface area (Å²) in [6.45, 7) is 3.48. The first kappa shape index (κ1) is 20.0. The number of carbonyl (C=O) groups is 2. The van der Waals surface area contributed by atoms with Gasteiger partial charge in [-0.15, -0.1) is 0 Å². The molecule has 2 aromatic carbocycles. The Morgan fingerprint density at radius 3 is 2.50 bits per heavy atom. The van der Waals surface area contributed by atoms with Gasteiger partial charge in [0.1, 0.15) is 0 Å². The Morgan fingerprint density at radius 2 is 1.89 bits per heavy atom. The lowest BCUT2D eigenvalue weighted by Gasteiger charge is -2.17. The number of halogens is 2. The Hall–Kier alpha value is -2.76. The number of nitrogens with zero attached hydrogens (tertiary/aromatic N) is 1. The fourth-order valence-electron chi connectivity index (χ4n) is 3.30. The highest BCUT2D eigenvalue weighted by atomic mass is 19.3. The molecule has 148 valence electrons. The van der Waals surface area contributed by atoms with Gasteiger partial charge in [0.2, 0.25) is 5.92 Å². The van der Waals surface area contributed by atoms with Crippen LogP contribution in [-0.4, -0.2) is 22.9 Å². The number of aliphatic carboxylic acids is 1.